The van der Waals surface area contributed by atoms with E-state index in [4.69, 9.17) is 0 Å². The molecule has 4 nitrogen and oxygen atoms in total. The minimum Gasteiger partial charge on any atom is -0.312 e. The van der Waals surface area contributed by atoms with Gasteiger partial charge in [-0.2, -0.15) is 0 Å². The van der Waals surface area contributed by atoms with Gasteiger partial charge in [-0.05, 0) is 55.8 Å². The first-order valence-corrected chi connectivity index (χ1v) is 6.81. The SMILES string of the molecule is O=C1CN(C2C3CC4CC(C3)CC2C4)C(=O)N1. The van der Waals surface area contributed by atoms with Crippen LogP contribution < -0.4 is 5.32 Å². The summed E-state index contributed by atoms with van der Waals surface area (Å²) in [6.45, 7) is 0.297. The van der Waals surface area contributed by atoms with Crippen LogP contribution in [-0.4, -0.2) is 29.4 Å². The zero-order valence-electron chi connectivity index (χ0n) is 9.89. The molecule has 5 fully saturated rings. The van der Waals surface area contributed by atoms with E-state index in [0.29, 0.717) is 24.4 Å². The maximum Gasteiger partial charge on any atom is 0.324 e. The van der Waals surface area contributed by atoms with Crippen LogP contribution in [0.1, 0.15) is 32.1 Å². The summed E-state index contributed by atoms with van der Waals surface area (Å²) < 4.78 is 0. The van der Waals surface area contributed by atoms with Crippen LogP contribution in [0.2, 0.25) is 0 Å². The maximum atomic E-state index is 11.8. The van der Waals surface area contributed by atoms with Crippen LogP contribution in [0.25, 0.3) is 0 Å². The molecule has 4 saturated carbocycles. The monoisotopic (exact) mass is 234 g/mol. The van der Waals surface area contributed by atoms with Crippen molar-refractivity contribution < 1.29 is 9.59 Å². The number of amides is 3. The first-order valence-electron chi connectivity index (χ1n) is 6.81. The Morgan fingerprint density at radius 3 is 2.00 bits per heavy atom. The highest BCUT2D eigenvalue weighted by Gasteiger charge is 2.52. The molecule has 4 bridgehead atoms. The minimum absolute atomic E-state index is 0.121. The van der Waals surface area contributed by atoms with Crippen LogP contribution >= 0.6 is 0 Å². The summed E-state index contributed by atoms with van der Waals surface area (Å²) in [5.41, 5.74) is 0. The molecule has 0 aromatic rings. The summed E-state index contributed by atoms with van der Waals surface area (Å²) in [4.78, 5) is 25.0. The van der Waals surface area contributed by atoms with Gasteiger partial charge in [0.05, 0.1) is 0 Å². The van der Waals surface area contributed by atoms with Crippen molar-refractivity contribution in [1.29, 1.82) is 0 Å². The zero-order chi connectivity index (χ0) is 11.6. The highest BCUT2D eigenvalue weighted by atomic mass is 16.2. The number of imide groups is 1. The van der Waals surface area contributed by atoms with Crippen molar-refractivity contribution in [3.8, 4) is 0 Å². The molecule has 4 heteroatoms. The summed E-state index contributed by atoms with van der Waals surface area (Å²) in [5.74, 6) is 3.04. The van der Waals surface area contributed by atoms with Crippen molar-refractivity contribution in [2.24, 2.45) is 23.7 Å². The Hall–Kier alpha value is -1.06. The molecule has 17 heavy (non-hydrogen) atoms. The van der Waals surface area contributed by atoms with Crippen molar-refractivity contribution in [2.45, 2.75) is 38.1 Å². The number of rotatable bonds is 1. The van der Waals surface area contributed by atoms with Crippen molar-refractivity contribution in [2.75, 3.05) is 6.54 Å². The average Bonchev–Trinajstić information content (AvgIpc) is 2.56. The molecule has 4 aliphatic carbocycles. The van der Waals surface area contributed by atoms with Gasteiger partial charge in [-0.3, -0.25) is 10.1 Å². The quantitative estimate of drug-likeness (QED) is 0.696. The molecule has 5 rings (SSSR count). The van der Waals surface area contributed by atoms with Gasteiger partial charge in [0.2, 0.25) is 5.91 Å². The molecule has 0 aromatic carbocycles. The lowest BCUT2D eigenvalue weighted by Gasteiger charge is -2.56. The van der Waals surface area contributed by atoms with Crippen LogP contribution in [-0.2, 0) is 4.79 Å². The second-order valence-electron chi connectivity index (χ2n) is 6.40. The van der Waals surface area contributed by atoms with Crippen molar-refractivity contribution in [3.05, 3.63) is 0 Å². The number of hydrogen-bond acceptors (Lipinski definition) is 2. The summed E-state index contributed by atoms with van der Waals surface area (Å²) in [6.07, 6.45) is 6.57. The second kappa shape index (κ2) is 3.24. The van der Waals surface area contributed by atoms with E-state index >= 15 is 0 Å². The van der Waals surface area contributed by atoms with Crippen LogP contribution in [0, 0.1) is 23.7 Å². The smallest absolute Gasteiger partial charge is 0.312 e. The van der Waals surface area contributed by atoms with Gasteiger partial charge in [0.25, 0.3) is 0 Å². The van der Waals surface area contributed by atoms with E-state index < -0.39 is 0 Å². The van der Waals surface area contributed by atoms with Gasteiger partial charge in [0, 0.05) is 6.04 Å². The molecule has 1 heterocycles. The highest BCUT2D eigenvalue weighted by molar-refractivity contribution is 6.02. The molecule has 1 N–H and O–H groups in total. The third kappa shape index (κ3) is 1.36. The average molecular weight is 234 g/mol. The standard InChI is InChI=1S/C13H18N2O2/c16-11-6-15(13(17)14-11)12-9-2-7-1-8(4-9)5-10(12)3-7/h7-10,12H,1-6H2,(H,14,16,17). The topological polar surface area (TPSA) is 49.4 Å². The van der Waals surface area contributed by atoms with Gasteiger partial charge in [-0.25, -0.2) is 4.79 Å². The Bertz CT molecular complexity index is 365. The molecule has 0 unspecified atom stereocenters. The van der Waals surface area contributed by atoms with Crippen LogP contribution in [0.4, 0.5) is 4.79 Å². The second-order valence-corrected chi connectivity index (χ2v) is 6.40. The van der Waals surface area contributed by atoms with Crippen molar-refractivity contribution in [1.82, 2.24) is 10.2 Å². The number of urea groups is 1. The van der Waals surface area contributed by atoms with E-state index in [2.05, 4.69) is 5.32 Å². The first kappa shape index (κ1) is 9.92. The predicted octanol–water partition coefficient (Wildman–Crippen LogP) is 1.36. The minimum atomic E-state index is -0.146. The molecule has 3 amide bonds. The van der Waals surface area contributed by atoms with Gasteiger partial charge >= 0.3 is 6.03 Å². The fraction of sp³-hybridized carbons (Fsp3) is 0.846. The van der Waals surface area contributed by atoms with Crippen LogP contribution in [0.5, 0.6) is 0 Å². The van der Waals surface area contributed by atoms with Crippen molar-refractivity contribution in [3.63, 3.8) is 0 Å². The van der Waals surface area contributed by atoms with E-state index in [-0.39, 0.29) is 11.9 Å². The Morgan fingerprint density at radius 2 is 1.53 bits per heavy atom. The van der Waals surface area contributed by atoms with E-state index in [9.17, 15) is 9.59 Å². The van der Waals surface area contributed by atoms with Crippen LogP contribution in [0.15, 0.2) is 0 Å². The normalized spacial score (nSPS) is 47.8. The van der Waals surface area contributed by atoms with E-state index in [1.165, 1.54) is 32.1 Å². The lowest BCUT2D eigenvalue weighted by molar-refractivity contribution is -0.119. The van der Waals surface area contributed by atoms with Crippen molar-refractivity contribution >= 4 is 11.9 Å². The summed E-state index contributed by atoms with van der Waals surface area (Å²) in [6, 6.07) is 0.210. The molecular weight excluding hydrogens is 216 g/mol. The Balaban J connectivity index is 1.62. The number of carbonyl (C=O) groups excluding carboxylic acids is 2. The third-order valence-electron chi connectivity index (χ3n) is 5.36. The van der Waals surface area contributed by atoms with Gasteiger partial charge in [0.15, 0.2) is 0 Å². The molecule has 5 aliphatic rings. The van der Waals surface area contributed by atoms with Crippen LogP contribution in [0.3, 0.4) is 0 Å². The summed E-state index contributed by atoms with van der Waals surface area (Å²) in [7, 11) is 0. The molecule has 92 valence electrons. The van der Waals surface area contributed by atoms with E-state index in [1.807, 2.05) is 4.90 Å². The fourth-order valence-electron chi connectivity index (χ4n) is 5.10. The Labute approximate surface area is 101 Å². The fourth-order valence-corrected chi connectivity index (χ4v) is 5.10. The summed E-state index contributed by atoms with van der Waals surface area (Å²) in [5, 5.41) is 2.42. The lowest BCUT2D eigenvalue weighted by Crippen LogP contribution is -2.56. The predicted molar refractivity (Wildman–Crippen MR) is 61.1 cm³/mol. The van der Waals surface area contributed by atoms with Gasteiger partial charge < -0.3 is 4.90 Å². The molecule has 0 atom stereocenters. The molecule has 0 aromatic heterocycles. The molecular formula is C13H18N2O2. The maximum absolute atomic E-state index is 11.8. The van der Waals surface area contributed by atoms with Gasteiger partial charge in [0.1, 0.15) is 6.54 Å². The number of hydrogen-bond donors (Lipinski definition) is 1. The summed E-state index contributed by atoms with van der Waals surface area (Å²) >= 11 is 0. The Kier molecular flexibility index (Phi) is 1.89. The number of nitrogens with zero attached hydrogens (tertiary/aromatic N) is 1. The van der Waals surface area contributed by atoms with E-state index in [0.717, 1.165) is 11.8 Å². The molecule has 1 aliphatic heterocycles. The van der Waals surface area contributed by atoms with Gasteiger partial charge in [-0.15, -0.1) is 0 Å². The number of carbonyl (C=O) groups is 2. The zero-order valence-corrected chi connectivity index (χ0v) is 9.89. The largest absolute Gasteiger partial charge is 0.324 e. The van der Waals surface area contributed by atoms with E-state index in [1.54, 1.807) is 0 Å². The molecule has 1 saturated heterocycles. The Morgan fingerprint density at radius 1 is 0.941 bits per heavy atom. The highest BCUT2D eigenvalue weighted by Crippen LogP contribution is 2.55. The molecule has 0 spiro atoms. The number of nitrogens with one attached hydrogen (secondary N) is 1. The first-order chi connectivity index (χ1) is 8.20. The lowest BCUT2D eigenvalue weighted by atomic mass is 9.54. The van der Waals surface area contributed by atoms with Gasteiger partial charge in [-0.1, -0.05) is 0 Å². The molecule has 0 radical (unpaired) electrons. The third-order valence-corrected chi connectivity index (χ3v) is 5.36.